The van der Waals surface area contributed by atoms with Crippen molar-refractivity contribution < 1.29 is 37.7 Å². The Morgan fingerprint density at radius 1 is 1.33 bits per heavy atom. The molecule has 90 valence electrons. The van der Waals surface area contributed by atoms with Crippen LogP contribution < -0.4 is 0 Å². The van der Waals surface area contributed by atoms with Gasteiger partial charge in [-0.05, 0) is 0 Å². The van der Waals surface area contributed by atoms with Crippen LogP contribution in [0.5, 0.6) is 0 Å². The summed E-state index contributed by atoms with van der Waals surface area (Å²) in [5, 5.41) is 27.2. The van der Waals surface area contributed by atoms with E-state index in [1.165, 1.54) is 0 Å². The quantitative estimate of drug-likeness (QED) is 0.361. The van der Waals surface area contributed by atoms with Gasteiger partial charge in [-0.15, -0.1) is 4.33 Å². The lowest BCUT2D eigenvalue weighted by Gasteiger charge is -2.12. The second-order valence-corrected chi connectivity index (χ2v) is 4.62. The molecular formula is C6H12O8S. The second kappa shape index (κ2) is 4.70. The van der Waals surface area contributed by atoms with Gasteiger partial charge in [-0.3, -0.25) is 0 Å². The lowest BCUT2D eigenvalue weighted by molar-refractivity contribution is -0.326. The summed E-state index contributed by atoms with van der Waals surface area (Å²) in [6.07, 6.45) is -4.58. The largest absolute Gasteiger partial charge is 0.394 e. The lowest BCUT2D eigenvalue weighted by atomic mass is 10.1. The molecule has 15 heavy (non-hydrogen) atoms. The van der Waals surface area contributed by atoms with Gasteiger partial charge in [-0.25, -0.2) is 0 Å². The summed E-state index contributed by atoms with van der Waals surface area (Å²) < 4.78 is 29.8. The van der Waals surface area contributed by atoms with E-state index in [4.69, 9.17) is 9.84 Å². The topological polar surface area (TPSA) is 123 Å². The van der Waals surface area contributed by atoms with Gasteiger partial charge in [0.1, 0.15) is 18.3 Å². The van der Waals surface area contributed by atoms with Gasteiger partial charge in [0, 0.05) is 0 Å². The van der Waals surface area contributed by atoms with Crippen LogP contribution in [0.25, 0.3) is 0 Å². The maximum Gasteiger partial charge on any atom is 0.290 e. The zero-order chi connectivity index (χ0) is 11.6. The van der Waals surface area contributed by atoms with E-state index in [1.54, 1.807) is 0 Å². The van der Waals surface area contributed by atoms with Crippen LogP contribution in [0.3, 0.4) is 0 Å². The molecule has 0 aromatic heterocycles. The van der Waals surface area contributed by atoms with E-state index in [1.807, 2.05) is 0 Å². The monoisotopic (exact) mass is 244 g/mol. The number of aliphatic hydroxyl groups is 3. The summed E-state index contributed by atoms with van der Waals surface area (Å²) in [5.74, 6) is 0. The Morgan fingerprint density at radius 3 is 2.33 bits per heavy atom. The highest BCUT2D eigenvalue weighted by molar-refractivity contribution is 7.85. The molecule has 1 heterocycles. The summed E-state index contributed by atoms with van der Waals surface area (Å²) >= 11 is 0. The molecule has 0 aromatic rings. The minimum Gasteiger partial charge on any atom is -0.394 e. The molecule has 1 unspecified atom stereocenters. The van der Waals surface area contributed by atoms with Gasteiger partial charge in [-0.2, -0.15) is 13.3 Å². The van der Waals surface area contributed by atoms with Crippen LogP contribution in [0.2, 0.25) is 0 Å². The Balaban J connectivity index is 2.51. The summed E-state index contributed by atoms with van der Waals surface area (Å²) in [6.45, 7) is -0.531. The zero-order valence-corrected chi connectivity index (χ0v) is 8.62. The third-order valence-electron chi connectivity index (χ3n) is 1.76. The van der Waals surface area contributed by atoms with Crippen LogP contribution in [0.4, 0.5) is 0 Å². The standard InChI is InChI=1S/C6H12O8S/c1-15(10,11)14-13-6-5(9)4(8)3(2-7)12-6/h3-9H,2H2,1H3/t3-,4-,5-,6?/m1/s1. The Morgan fingerprint density at radius 2 is 1.93 bits per heavy atom. The number of hydrogen-bond donors (Lipinski definition) is 3. The first kappa shape index (κ1) is 12.8. The zero-order valence-electron chi connectivity index (χ0n) is 7.81. The second-order valence-electron chi connectivity index (χ2n) is 3.08. The highest BCUT2D eigenvalue weighted by Crippen LogP contribution is 2.22. The summed E-state index contributed by atoms with van der Waals surface area (Å²) in [5.41, 5.74) is 0. The molecule has 0 radical (unpaired) electrons. The van der Waals surface area contributed by atoms with E-state index >= 15 is 0 Å². The Labute approximate surface area is 86.0 Å². The maximum absolute atomic E-state index is 10.5. The van der Waals surface area contributed by atoms with Crippen LogP contribution in [0, 0.1) is 0 Å². The first-order valence-corrected chi connectivity index (χ1v) is 5.84. The van der Waals surface area contributed by atoms with E-state index in [2.05, 4.69) is 9.22 Å². The van der Waals surface area contributed by atoms with Crippen molar-refractivity contribution in [1.29, 1.82) is 0 Å². The van der Waals surface area contributed by atoms with Gasteiger partial charge in [0.25, 0.3) is 10.1 Å². The van der Waals surface area contributed by atoms with Crippen LogP contribution >= 0.6 is 0 Å². The van der Waals surface area contributed by atoms with Gasteiger partial charge in [-0.1, -0.05) is 0 Å². The average molecular weight is 244 g/mol. The van der Waals surface area contributed by atoms with Crippen molar-refractivity contribution in [2.75, 3.05) is 12.9 Å². The van der Waals surface area contributed by atoms with Gasteiger partial charge in [0.2, 0.25) is 6.29 Å². The minimum atomic E-state index is -3.83. The van der Waals surface area contributed by atoms with Crippen molar-refractivity contribution in [1.82, 2.24) is 0 Å². The first-order valence-electron chi connectivity index (χ1n) is 4.02. The van der Waals surface area contributed by atoms with Crippen molar-refractivity contribution in [2.45, 2.75) is 24.6 Å². The van der Waals surface area contributed by atoms with E-state index in [-0.39, 0.29) is 0 Å². The normalized spacial score (nSPS) is 37.1. The van der Waals surface area contributed by atoms with Gasteiger partial charge < -0.3 is 20.1 Å². The van der Waals surface area contributed by atoms with E-state index in [0.29, 0.717) is 0 Å². The first-order chi connectivity index (χ1) is 6.85. The molecule has 1 rings (SSSR count). The number of aliphatic hydroxyl groups excluding tert-OH is 3. The molecule has 3 N–H and O–H groups in total. The average Bonchev–Trinajstić information content (AvgIpc) is 2.40. The molecule has 0 aromatic carbocycles. The molecule has 1 fully saturated rings. The molecule has 4 atom stereocenters. The molecule has 0 aliphatic carbocycles. The van der Waals surface area contributed by atoms with Crippen molar-refractivity contribution >= 4 is 10.1 Å². The molecule has 1 saturated heterocycles. The molecule has 0 amide bonds. The molecule has 0 spiro atoms. The van der Waals surface area contributed by atoms with Crippen molar-refractivity contribution in [3.63, 3.8) is 0 Å². The molecule has 1 aliphatic heterocycles. The molecule has 0 bridgehead atoms. The molecular weight excluding hydrogens is 232 g/mol. The van der Waals surface area contributed by atoms with Crippen LogP contribution in [-0.4, -0.2) is 61.2 Å². The summed E-state index contributed by atoms with van der Waals surface area (Å²) in [4.78, 5) is 4.25. The predicted octanol–water partition coefficient (Wildman–Crippen LogP) is -2.67. The predicted molar refractivity (Wildman–Crippen MR) is 44.8 cm³/mol. The molecule has 9 heteroatoms. The van der Waals surface area contributed by atoms with Crippen LogP contribution in [0.15, 0.2) is 0 Å². The van der Waals surface area contributed by atoms with E-state index < -0.39 is 41.3 Å². The van der Waals surface area contributed by atoms with E-state index in [9.17, 15) is 18.6 Å². The Hall–Kier alpha value is -0.290. The minimum absolute atomic E-state index is 0.531. The fourth-order valence-corrected chi connectivity index (χ4v) is 1.28. The smallest absolute Gasteiger partial charge is 0.290 e. The molecule has 0 saturated carbocycles. The van der Waals surface area contributed by atoms with Gasteiger partial charge in [0.05, 0.1) is 12.9 Å². The number of ether oxygens (including phenoxy) is 1. The molecule has 1 aliphatic rings. The Bertz CT molecular complexity index is 300. The summed E-state index contributed by atoms with van der Waals surface area (Å²) in [6, 6.07) is 0. The highest BCUT2D eigenvalue weighted by Gasteiger charge is 2.44. The lowest BCUT2D eigenvalue weighted by Crippen LogP contribution is -2.34. The third-order valence-corrected chi connectivity index (χ3v) is 2.08. The number of rotatable bonds is 4. The third kappa shape index (κ3) is 3.34. The number of hydrogen-bond acceptors (Lipinski definition) is 8. The van der Waals surface area contributed by atoms with Gasteiger partial charge >= 0.3 is 0 Å². The highest BCUT2D eigenvalue weighted by atomic mass is 32.2. The summed E-state index contributed by atoms with van der Waals surface area (Å²) in [7, 11) is -3.83. The van der Waals surface area contributed by atoms with Crippen LogP contribution in [-0.2, 0) is 24.1 Å². The van der Waals surface area contributed by atoms with Crippen molar-refractivity contribution in [3.8, 4) is 0 Å². The van der Waals surface area contributed by atoms with Crippen molar-refractivity contribution in [3.05, 3.63) is 0 Å². The SMILES string of the molecule is CS(=O)(=O)OOC1O[C@H](CO)[C@@H](O)[C@H]1O. The van der Waals surface area contributed by atoms with E-state index in [0.717, 1.165) is 6.26 Å². The van der Waals surface area contributed by atoms with Crippen LogP contribution in [0.1, 0.15) is 0 Å². The maximum atomic E-state index is 10.5. The fourth-order valence-electron chi connectivity index (χ4n) is 1.05. The Kier molecular flexibility index (Phi) is 4.00. The van der Waals surface area contributed by atoms with Crippen molar-refractivity contribution in [2.24, 2.45) is 0 Å². The fraction of sp³-hybridized carbons (Fsp3) is 1.00. The molecule has 8 nitrogen and oxygen atoms in total. The van der Waals surface area contributed by atoms with Gasteiger partial charge in [0.15, 0.2) is 0 Å².